The Bertz CT molecular complexity index is 1080. The second kappa shape index (κ2) is 6.24. The SMILES string of the molecule is COc1ccc2c(c1)OC1(C)CC2C(S(=O)(=O)c2ccc(C)c(C)c2)C(=O)N1. The summed E-state index contributed by atoms with van der Waals surface area (Å²) in [6.45, 7) is 5.55. The molecule has 3 atom stereocenters. The van der Waals surface area contributed by atoms with Crippen LogP contribution in [0.25, 0.3) is 0 Å². The van der Waals surface area contributed by atoms with Crippen molar-refractivity contribution in [3.05, 3.63) is 53.1 Å². The van der Waals surface area contributed by atoms with Crippen molar-refractivity contribution in [3.8, 4) is 11.5 Å². The Balaban J connectivity index is 1.85. The number of aryl methyl sites for hydroxylation is 2. The summed E-state index contributed by atoms with van der Waals surface area (Å²) in [7, 11) is -2.33. The number of hydrogen-bond donors (Lipinski definition) is 1. The maximum absolute atomic E-state index is 13.5. The number of nitrogens with one attached hydrogen (secondary N) is 1. The maximum Gasteiger partial charge on any atom is 0.242 e. The van der Waals surface area contributed by atoms with E-state index in [1.165, 1.54) is 0 Å². The first-order chi connectivity index (χ1) is 13.1. The summed E-state index contributed by atoms with van der Waals surface area (Å²) in [5.41, 5.74) is 1.64. The lowest BCUT2D eigenvalue weighted by molar-refractivity contribution is -0.132. The molecule has 28 heavy (non-hydrogen) atoms. The lowest BCUT2D eigenvalue weighted by Crippen LogP contribution is -2.63. The molecule has 7 heteroatoms. The van der Waals surface area contributed by atoms with Crippen LogP contribution < -0.4 is 14.8 Å². The normalized spacial score (nSPS) is 26.1. The van der Waals surface area contributed by atoms with Crippen LogP contribution in [0.4, 0.5) is 0 Å². The van der Waals surface area contributed by atoms with Gasteiger partial charge in [0.2, 0.25) is 5.91 Å². The van der Waals surface area contributed by atoms with Crippen molar-refractivity contribution in [2.24, 2.45) is 0 Å². The highest BCUT2D eigenvalue weighted by molar-refractivity contribution is 7.92. The van der Waals surface area contributed by atoms with Crippen LogP contribution in [0.1, 0.15) is 36.0 Å². The molecule has 0 saturated carbocycles. The van der Waals surface area contributed by atoms with E-state index in [1.54, 1.807) is 50.4 Å². The molecule has 148 valence electrons. The first-order valence-corrected chi connectivity index (χ1v) is 10.7. The molecule has 2 aromatic rings. The monoisotopic (exact) mass is 401 g/mol. The molecule has 4 rings (SSSR count). The van der Waals surface area contributed by atoms with Crippen LogP contribution in [0.3, 0.4) is 0 Å². The first-order valence-electron chi connectivity index (χ1n) is 9.15. The molecule has 2 aliphatic heterocycles. The van der Waals surface area contributed by atoms with Crippen LogP contribution in [0, 0.1) is 13.8 Å². The molecule has 1 N–H and O–H groups in total. The van der Waals surface area contributed by atoms with E-state index in [1.807, 2.05) is 13.8 Å². The number of ether oxygens (including phenoxy) is 2. The predicted octanol–water partition coefficient (Wildman–Crippen LogP) is 2.87. The Hall–Kier alpha value is -2.54. The van der Waals surface area contributed by atoms with Crippen molar-refractivity contribution in [1.82, 2.24) is 5.32 Å². The minimum Gasteiger partial charge on any atom is -0.497 e. The summed E-state index contributed by atoms with van der Waals surface area (Å²) in [4.78, 5) is 13.1. The first kappa shape index (κ1) is 18.8. The zero-order chi connectivity index (χ0) is 20.3. The van der Waals surface area contributed by atoms with E-state index >= 15 is 0 Å². The minimum absolute atomic E-state index is 0.168. The molecule has 0 radical (unpaired) electrons. The van der Waals surface area contributed by atoms with Crippen molar-refractivity contribution in [1.29, 1.82) is 0 Å². The average molecular weight is 401 g/mol. The number of hydrogen-bond acceptors (Lipinski definition) is 5. The fourth-order valence-electron chi connectivity index (χ4n) is 4.11. The van der Waals surface area contributed by atoms with Gasteiger partial charge >= 0.3 is 0 Å². The number of benzene rings is 2. The Morgan fingerprint density at radius 2 is 1.89 bits per heavy atom. The third-order valence-corrected chi connectivity index (χ3v) is 7.84. The topological polar surface area (TPSA) is 81.7 Å². The summed E-state index contributed by atoms with van der Waals surface area (Å²) in [5.74, 6) is 0.124. The fraction of sp³-hybridized carbons (Fsp3) is 0.381. The molecule has 2 bridgehead atoms. The highest BCUT2D eigenvalue weighted by Gasteiger charge is 2.54. The summed E-state index contributed by atoms with van der Waals surface area (Å²) in [6, 6.07) is 10.3. The molecular formula is C21H23NO5S. The smallest absolute Gasteiger partial charge is 0.242 e. The van der Waals surface area contributed by atoms with E-state index in [9.17, 15) is 13.2 Å². The van der Waals surface area contributed by atoms with E-state index in [0.717, 1.165) is 11.1 Å². The van der Waals surface area contributed by atoms with Crippen LogP contribution in [0.2, 0.25) is 0 Å². The predicted molar refractivity (Wildman–Crippen MR) is 104 cm³/mol. The van der Waals surface area contributed by atoms with E-state index in [4.69, 9.17) is 9.47 Å². The summed E-state index contributed by atoms with van der Waals surface area (Å²) < 4.78 is 38.2. The van der Waals surface area contributed by atoms with Gasteiger partial charge in [-0.25, -0.2) is 8.42 Å². The van der Waals surface area contributed by atoms with Crippen molar-refractivity contribution < 1.29 is 22.7 Å². The van der Waals surface area contributed by atoms with Gasteiger partial charge in [-0.15, -0.1) is 0 Å². The van der Waals surface area contributed by atoms with Gasteiger partial charge in [0.25, 0.3) is 0 Å². The second-order valence-electron chi connectivity index (χ2n) is 7.75. The molecule has 2 aliphatic rings. The molecular weight excluding hydrogens is 378 g/mol. The number of piperidine rings is 1. The summed E-state index contributed by atoms with van der Waals surface area (Å²) in [5, 5.41) is 1.56. The lowest BCUT2D eigenvalue weighted by atomic mass is 9.81. The van der Waals surface area contributed by atoms with Crippen molar-refractivity contribution in [3.63, 3.8) is 0 Å². The number of methoxy groups -OCH3 is 1. The average Bonchev–Trinajstić information content (AvgIpc) is 2.62. The third-order valence-electron chi connectivity index (χ3n) is 5.72. The van der Waals surface area contributed by atoms with Crippen LogP contribution in [-0.4, -0.2) is 32.4 Å². The van der Waals surface area contributed by atoms with E-state index in [2.05, 4.69) is 5.32 Å². The summed E-state index contributed by atoms with van der Waals surface area (Å²) >= 11 is 0. The van der Waals surface area contributed by atoms with Crippen molar-refractivity contribution in [2.75, 3.05) is 7.11 Å². The quantitative estimate of drug-likeness (QED) is 0.855. The van der Waals surface area contributed by atoms with Gasteiger partial charge in [0.1, 0.15) is 11.5 Å². The van der Waals surface area contributed by atoms with Gasteiger partial charge in [-0.05, 0) is 55.7 Å². The van der Waals surface area contributed by atoms with Gasteiger partial charge in [0.15, 0.2) is 20.8 Å². The Labute approximate surface area is 164 Å². The van der Waals surface area contributed by atoms with E-state index < -0.39 is 32.6 Å². The Kier molecular flexibility index (Phi) is 4.19. The van der Waals surface area contributed by atoms with Crippen LogP contribution in [-0.2, 0) is 14.6 Å². The molecule has 2 heterocycles. The number of carbonyl (C=O) groups excluding carboxylic acids is 1. The lowest BCUT2D eigenvalue weighted by Gasteiger charge is -2.46. The number of sulfone groups is 1. The third kappa shape index (κ3) is 2.85. The van der Waals surface area contributed by atoms with Crippen molar-refractivity contribution >= 4 is 15.7 Å². The number of carbonyl (C=O) groups is 1. The molecule has 1 fully saturated rings. The standard InChI is InChI=1S/C21H23NO5S/c1-12-5-7-15(9-13(12)2)28(24,25)19-17-11-21(3,22-20(19)23)27-18-10-14(26-4)6-8-16(17)18/h5-10,17,19H,11H2,1-4H3,(H,22,23). The molecule has 0 aromatic heterocycles. The molecule has 1 amide bonds. The Morgan fingerprint density at radius 1 is 1.14 bits per heavy atom. The zero-order valence-corrected chi connectivity index (χ0v) is 17.1. The number of amides is 1. The van der Waals surface area contributed by atoms with Gasteiger partial charge < -0.3 is 14.8 Å². The zero-order valence-electron chi connectivity index (χ0n) is 16.3. The highest BCUT2D eigenvalue weighted by Crippen LogP contribution is 2.48. The van der Waals surface area contributed by atoms with Gasteiger partial charge in [-0.2, -0.15) is 0 Å². The van der Waals surface area contributed by atoms with Crippen LogP contribution >= 0.6 is 0 Å². The Morgan fingerprint density at radius 3 is 2.57 bits per heavy atom. The fourth-order valence-corrected chi connectivity index (χ4v) is 6.01. The maximum atomic E-state index is 13.5. The van der Waals surface area contributed by atoms with E-state index in [-0.39, 0.29) is 4.90 Å². The van der Waals surface area contributed by atoms with Gasteiger partial charge in [0, 0.05) is 18.4 Å². The second-order valence-corrected chi connectivity index (χ2v) is 9.82. The van der Waals surface area contributed by atoms with Crippen LogP contribution in [0.15, 0.2) is 41.3 Å². The highest BCUT2D eigenvalue weighted by atomic mass is 32.2. The van der Waals surface area contributed by atoms with Crippen molar-refractivity contribution in [2.45, 2.75) is 49.0 Å². The van der Waals surface area contributed by atoms with E-state index in [0.29, 0.717) is 23.5 Å². The largest absolute Gasteiger partial charge is 0.497 e. The number of fused-ring (bicyclic) bond motifs is 4. The number of rotatable bonds is 3. The molecule has 2 aromatic carbocycles. The van der Waals surface area contributed by atoms with Crippen LogP contribution in [0.5, 0.6) is 11.5 Å². The molecule has 1 saturated heterocycles. The molecule has 0 aliphatic carbocycles. The molecule has 0 spiro atoms. The van der Waals surface area contributed by atoms with Gasteiger partial charge in [0.05, 0.1) is 12.0 Å². The van der Waals surface area contributed by atoms with Gasteiger partial charge in [-0.1, -0.05) is 12.1 Å². The van der Waals surface area contributed by atoms with Gasteiger partial charge in [-0.3, -0.25) is 4.79 Å². The molecule has 3 unspecified atom stereocenters. The summed E-state index contributed by atoms with van der Waals surface area (Å²) in [6.07, 6.45) is 0.382. The molecule has 6 nitrogen and oxygen atoms in total. The minimum atomic E-state index is -3.89.